The first-order valence-electron chi connectivity index (χ1n) is 9.51. The molecule has 1 heterocycles. The Morgan fingerprint density at radius 1 is 1.10 bits per heavy atom. The molecular weight excluding hydrogens is 402 g/mol. The van der Waals surface area contributed by atoms with E-state index in [0.717, 1.165) is 11.1 Å². The third-order valence-corrected chi connectivity index (χ3v) is 4.38. The Balaban J connectivity index is 0.00000320. The van der Waals surface area contributed by atoms with E-state index in [0.29, 0.717) is 28.7 Å². The molecule has 3 rings (SSSR count). The van der Waals surface area contributed by atoms with E-state index in [4.69, 9.17) is 4.74 Å². The number of nitrogens with one attached hydrogen (secondary N) is 1. The van der Waals surface area contributed by atoms with Gasteiger partial charge in [0, 0.05) is 12.0 Å². The number of hydrogen-bond acceptors (Lipinski definition) is 4. The normalized spacial score (nSPS) is 16.0. The van der Waals surface area contributed by atoms with Crippen molar-refractivity contribution < 1.29 is 31.2 Å². The number of hydrogen-bond donors (Lipinski definition) is 1. The maximum atomic E-state index is 12.2. The Labute approximate surface area is 183 Å². The highest BCUT2D eigenvalue weighted by molar-refractivity contribution is 6.01. The van der Waals surface area contributed by atoms with Gasteiger partial charge in [-0.15, -0.1) is 0 Å². The van der Waals surface area contributed by atoms with Crippen molar-refractivity contribution in [2.24, 2.45) is 5.10 Å². The number of halogens is 1. The fraction of sp³-hybridized carbons (Fsp3) is 0.261. The molecule has 0 fully saturated rings. The first-order valence-corrected chi connectivity index (χ1v) is 9.51. The summed E-state index contributed by atoms with van der Waals surface area (Å²) in [6.45, 7) is 0.306. The molecule has 1 amide bonds. The zero-order valence-corrected chi connectivity index (χ0v) is 18.1. The number of esters is 1. The number of carbonyl (C=O) groups excluding carboxylic acids is 2. The van der Waals surface area contributed by atoms with E-state index in [1.54, 1.807) is 6.07 Å². The van der Waals surface area contributed by atoms with Crippen molar-refractivity contribution in [1.82, 2.24) is 5.43 Å². The molecule has 1 atom stereocenters. The van der Waals surface area contributed by atoms with E-state index >= 15 is 0 Å². The smallest absolute Gasteiger partial charge is 0.339 e. The molecule has 0 saturated carbocycles. The molecule has 1 aliphatic rings. The molecule has 0 bridgehead atoms. The molecule has 158 valence electrons. The van der Waals surface area contributed by atoms with Gasteiger partial charge in [-0.2, -0.15) is 5.10 Å². The van der Waals surface area contributed by atoms with Crippen LogP contribution in [0.5, 0.6) is 0 Å². The second-order valence-electron chi connectivity index (χ2n) is 8.02. The minimum atomic E-state index is -0.423. The maximum Gasteiger partial charge on any atom is 0.339 e. The van der Waals surface area contributed by atoms with Crippen LogP contribution in [0.3, 0.4) is 0 Å². The fourth-order valence-corrected chi connectivity index (χ4v) is 3.07. The Morgan fingerprint density at radius 2 is 1.77 bits per heavy atom. The fourth-order valence-electron chi connectivity index (χ4n) is 3.07. The van der Waals surface area contributed by atoms with Crippen LogP contribution in [0.2, 0.25) is 0 Å². The number of likely N-dealkylation sites (N-methyl/N-ethyl adjacent to an activating group) is 1. The minimum Gasteiger partial charge on any atom is -1.00 e. The summed E-state index contributed by atoms with van der Waals surface area (Å²) in [5.41, 5.74) is 5.69. The largest absolute Gasteiger partial charge is 1.00 e. The molecular formula is C23H26ClN3O3. The lowest BCUT2D eigenvalue weighted by Crippen LogP contribution is -3.00. The molecule has 6 nitrogen and oxygen atoms in total. The molecule has 1 N–H and O–H groups in total. The van der Waals surface area contributed by atoms with Crippen LogP contribution in [0.1, 0.15) is 34.0 Å². The summed E-state index contributed by atoms with van der Waals surface area (Å²) in [4.78, 5) is 24.3. The van der Waals surface area contributed by atoms with Crippen molar-refractivity contribution in [3.63, 3.8) is 0 Å². The summed E-state index contributed by atoms with van der Waals surface area (Å²) in [5, 5.41) is 4.31. The van der Waals surface area contributed by atoms with Gasteiger partial charge in [0.15, 0.2) is 6.54 Å². The lowest BCUT2D eigenvalue weighted by atomic mass is 10.0. The van der Waals surface area contributed by atoms with E-state index < -0.39 is 6.10 Å². The highest BCUT2D eigenvalue weighted by Crippen LogP contribution is 2.33. The predicted octanol–water partition coefficient (Wildman–Crippen LogP) is 0.184. The standard InChI is InChI=1S/C23H25N3O3.ClH/c1-26(2,3)16-22(27)25-24-18(14-13-17-9-5-4-6-10-17)15-21-19-11-7-8-12-20(19)23(28)29-21;/h4-14,21H,15-16H2,1-3H3;1H/b14-13+,24-18+;. The van der Waals surface area contributed by atoms with E-state index in [9.17, 15) is 9.59 Å². The first-order chi connectivity index (χ1) is 13.8. The number of ether oxygens (including phenoxy) is 1. The third kappa shape index (κ3) is 6.54. The molecule has 0 aromatic heterocycles. The molecule has 0 saturated heterocycles. The Hall–Kier alpha value is -2.96. The van der Waals surface area contributed by atoms with Crippen molar-refractivity contribution in [2.45, 2.75) is 12.5 Å². The molecule has 0 spiro atoms. The summed E-state index contributed by atoms with van der Waals surface area (Å²) in [7, 11) is 5.82. The van der Waals surface area contributed by atoms with Gasteiger partial charge < -0.3 is 21.6 Å². The van der Waals surface area contributed by atoms with Crippen molar-refractivity contribution in [2.75, 3.05) is 27.7 Å². The van der Waals surface area contributed by atoms with Gasteiger partial charge in [0.2, 0.25) is 0 Å². The van der Waals surface area contributed by atoms with Crippen LogP contribution < -0.4 is 17.8 Å². The van der Waals surface area contributed by atoms with Crippen LogP contribution in [0.25, 0.3) is 6.08 Å². The first kappa shape index (κ1) is 23.3. The molecule has 30 heavy (non-hydrogen) atoms. The van der Waals surface area contributed by atoms with Crippen molar-refractivity contribution in [3.8, 4) is 0 Å². The van der Waals surface area contributed by atoms with Gasteiger partial charge in [0.05, 0.1) is 32.4 Å². The Morgan fingerprint density at radius 3 is 2.47 bits per heavy atom. The summed E-state index contributed by atoms with van der Waals surface area (Å²) >= 11 is 0. The molecule has 0 radical (unpaired) electrons. The van der Waals surface area contributed by atoms with Crippen LogP contribution in [-0.4, -0.2) is 49.8 Å². The zero-order chi connectivity index (χ0) is 20.9. The number of allylic oxidation sites excluding steroid dienone is 1. The van der Waals surface area contributed by atoms with Crippen molar-refractivity contribution >= 4 is 23.7 Å². The summed E-state index contributed by atoms with van der Waals surface area (Å²) in [5.74, 6) is -0.502. The number of cyclic esters (lactones) is 1. The van der Waals surface area contributed by atoms with Crippen molar-refractivity contribution in [3.05, 3.63) is 77.4 Å². The number of hydrazone groups is 1. The number of quaternary nitrogens is 1. The SMILES string of the molecule is C[N+](C)(C)CC(=O)N/N=C(\C=C\c1ccccc1)CC1OC(=O)c2ccccc21.[Cl-]. The zero-order valence-electron chi connectivity index (χ0n) is 17.3. The van der Waals surface area contributed by atoms with Gasteiger partial charge in [0.25, 0.3) is 5.91 Å². The third-order valence-electron chi connectivity index (χ3n) is 4.38. The monoisotopic (exact) mass is 427 g/mol. The number of rotatable bonds is 7. The molecule has 0 aliphatic carbocycles. The second-order valence-corrected chi connectivity index (χ2v) is 8.02. The van der Waals surface area contributed by atoms with Gasteiger partial charge in [-0.05, 0) is 17.7 Å². The Kier molecular flexibility index (Phi) is 7.92. The molecule has 1 unspecified atom stereocenters. The van der Waals surface area contributed by atoms with Crippen molar-refractivity contribution in [1.29, 1.82) is 0 Å². The summed E-state index contributed by atoms with van der Waals surface area (Å²) in [6.07, 6.45) is 3.72. The summed E-state index contributed by atoms with van der Waals surface area (Å²) in [6, 6.07) is 17.2. The average molecular weight is 428 g/mol. The highest BCUT2D eigenvalue weighted by atomic mass is 35.5. The predicted molar refractivity (Wildman–Crippen MR) is 113 cm³/mol. The van der Waals surface area contributed by atoms with Gasteiger partial charge in [-0.1, -0.05) is 54.6 Å². The quantitative estimate of drug-likeness (QED) is 0.297. The summed E-state index contributed by atoms with van der Waals surface area (Å²) < 4.78 is 6.04. The molecule has 2 aromatic rings. The van der Waals surface area contributed by atoms with Gasteiger partial charge >= 0.3 is 5.97 Å². The number of nitrogens with zero attached hydrogens (tertiary/aromatic N) is 2. The maximum absolute atomic E-state index is 12.2. The van der Waals surface area contributed by atoms with E-state index in [-0.39, 0.29) is 24.3 Å². The molecule has 7 heteroatoms. The van der Waals surface area contributed by atoms with Crippen LogP contribution in [0.15, 0.2) is 65.8 Å². The van der Waals surface area contributed by atoms with Crippen LogP contribution in [0.4, 0.5) is 0 Å². The van der Waals surface area contributed by atoms with E-state index in [1.165, 1.54) is 0 Å². The van der Waals surface area contributed by atoms with Crippen LogP contribution >= 0.6 is 0 Å². The van der Waals surface area contributed by atoms with Gasteiger partial charge in [-0.3, -0.25) is 4.79 Å². The minimum absolute atomic E-state index is 0. The number of benzene rings is 2. The number of amides is 1. The lowest BCUT2D eigenvalue weighted by molar-refractivity contribution is -0.862. The number of carbonyl (C=O) groups is 2. The van der Waals surface area contributed by atoms with Crippen LogP contribution in [0, 0.1) is 0 Å². The van der Waals surface area contributed by atoms with Gasteiger partial charge in [-0.25, -0.2) is 10.2 Å². The van der Waals surface area contributed by atoms with E-state index in [1.807, 2.05) is 81.8 Å². The molecule has 1 aliphatic heterocycles. The van der Waals surface area contributed by atoms with Gasteiger partial charge in [0.1, 0.15) is 6.10 Å². The second kappa shape index (κ2) is 10.2. The van der Waals surface area contributed by atoms with Crippen LogP contribution in [-0.2, 0) is 9.53 Å². The lowest BCUT2D eigenvalue weighted by Gasteiger charge is -2.22. The number of fused-ring (bicyclic) bond motifs is 1. The van der Waals surface area contributed by atoms with E-state index in [2.05, 4.69) is 10.5 Å². The highest BCUT2D eigenvalue weighted by Gasteiger charge is 2.31. The molecule has 2 aromatic carbocycles. The average Bonchev–Trinajstić information content (AvgIpc) is 2.99. The topological polar surface area (TPSA) is 67.8 Å². The Bertz CT molecular complexity index is 950.